The van der Waals surface area contributed by atoms with Gasteiger partial charge in [-0.2, -0.15) is 8.42 Å². The summed E-state index contributed by atoms with van der Waals surface area (Å²) in [5.41, 5.74) is 0. The first-order valence-electron chi connectivity index (χ1n) is 23.8. The van der Waals surface area contributed by atoms with Crippen LogP contribution in [0.15, 0.2) is 60.8 Å². The molecular formula is C49H84O12S. The molecule has 1 aliphatic heterocycles. The zero-order valence-corrected chi connectivity index (χ0v) is 39.0. The van der Waals surface area contributed by atoms with Crippen molar-refractivity contribution in [2.45, 2.75) is 218 Å². The van der Waals surface area contributed by atoms with E-state index in [1.54, 1.807) is 0 Å². The van der Waals surface area contributed by atoms with E-state index in [9.17, 15) is 37.9 Å². The molecule has 0 aromatic carbocycles. The molecule has 6 atom stereocenters. The molecule has 62 heavy (non-hydrogen) atoms. The minimum Gasteiger partial charge on any atom is -0.462 e. The lowest BCUT2D eigenvalue weighted by atomic mass is 10.00. The molecule has 0 bridgehead atoms. The largest absolute Gasteiger partial charge is 0.462 e. The van der Waals surface area contributed by atoms with Gasteiger partial charge in [-0.1, -0.05) is 158 Å². The standard InChI is InChI=1S/C49H84O12S/c1-3-5-7-9-11-13-15-17-19-21-23-25-27-29-31-33-35-37-44(50)58-39-42(40-59-49-48(54)47(53)46(52)43(61-49)41-62(55,56)57)60-45(51)38-36-34-32-30-28-26-24-22-20-18-16-14-12-10-8-6-4-2/h18,20,23-26,29-32,42-43,46-49,52-54H,3-17,19,21-22,27-28,33-41H2,1-2H3,(H,55,56,57)/b20-18+,25-23+,26-24+,31-29+,32-30+/t42-,43-,46-,47?,48?,49+/m1/s1. The number of unbranched alkanes of at least 4 members (excludes halogenated alkanes) is 17. The summed E-state index contributed by atoms with van der Waals surface area (Å²) in [6, 6.07) is 0. The van der Waals surface area contributed by atoms with E-state index in [1.165, 1.54) is 96.3 Å². The molecule has 0 aliphatic carbocycles. The number of carbonyl (C=O) groups excluding carboxylic acids is 2. The second-order valence-electron chi connectivity index (χ2n) is 16.4. The topological polar surface area (TPSA) is 186 Å². The highest BCUT2D eigenvalue weighted by atomic mass is 32.2. The van der Waals surface area contributed by atoms with E-state index in [0.717, 1.165) is 32.1 Å². The van der Waals surface area contributed by atoms with Gasteiger partial charge in [-0.3, -0.25) is 14.1 Å². The highest BCUT2D eigenvalue weighted by molar-refractivity contribution is 7.85. The molecule has 0 amide bonds. The van der Waals surface area contributed by atoms with Crippen LogP contribution in [0.4, 0.5) is 0 Å². The van der Waals surface area contributed by atoms with Crippen LogP contribution in [0, 0.1) is 0 Å². The maximum atomic E-state index is 12.8. The summed E-state index contributed by atoms with van der Waals surface area (Å²) in [6.07, 6.45) is 38.5. The fourth-order valence-corrected chi connectivity index (χ4v) is 7.54. The average molecular weight is 897 g/mol. The van der Waals surface area contributed by atoms with Crippen LogP contribution in [-0.4, -0.2) is 96.0 Å². The van der Waals surface area contributed by atoms with Gasteiger partial charge in [-0.05, 0) is 70.6 Å². The third kappa shape index (κ3) is 32.9. The molecule has 4 N–H and O–H groups in total. The normalized spacial score (nSPS) is 20.4. The lowest BCUT2D eigenvalue weighted by molar-refractivity contribution is -0.297. The molecule has 0 saturated carbocycles. The van der Waals surface area contributed by atoms with Crippen LogP contribution in [0.25, 0.3) is 0 Å². The molecular weight excluding hydrogens is 813 g/mol. The van der Waals surface area contributed by atoms with Gasteiger partial charge in [0, 0.05) is 12.8 Å². The van der Waals surface area contributed by atoms with Crippen molar-refractivity contribution in [1.82, 2.24) is 0 Å². The van der Waals surface area contributed by atoms with Gasteiger partial charge in [0.1, 0.15) is 36.8 Å². The van der Waals surface area contributed by atoms with Crippen LogP contribution >= 0.6 is 0 Å². The van der Waals surface area contributed by atoms with Crippen LogP contribution in [0.5, 0.6) is 0 Å². The second kappa shape index (κ2) is 38.8. The molecule has 0 spiro atoms. The fraction of sp³-hybridized carbons (Fsp3) is 0.755. The lowest BCUT2D eigenvalue weighted by Crippen LogP contribution is -2.60. The minimum absolute atomic E-state index is 0.0820. The van der Waals surface area contributed by atoms with Crippen molar-refractivity contribution in [1.29, 1.82) is 0 Å². The zero-order valence-electron chi connectivity index (χ0n) is 38.2. The van der Waals surface area contributed by atoms with Crippen LogP contribution < -0.4 is 0 Å². The predicted octanol–water partition coefficient (Wildman–Crippen LogP) is 10.1. The Kier molecular flexibility index (Phi) is 35.9. The molecule has 1 rings (SSSR count). The monoisotopic (exact) mass is 897 g/mol. The Balaban J connectivity index is 2.50. The van der Waals surface area contributed by atoms with Crippen molar-refractivity contribution >= 4 is 22.1 Å². The summed E-state index contributed by atoms with van der Waals surface area (Å²) < 4.78 is 54.0. The smallest absolute Gasteiger partial charge is 0.306 e. The van der Waals surface area contributed by atoms with Gasteiger partial charge in [-0.25, -0.2) is 0 Å². The number of rotatable bonds is 39. The van der Waals surface area contributed by atoms with Crippen LogP contribution in [0.2, 0.25) is 0 Å². The van der Waals surface area contributed by atoms with Gasteiger partial charge in [-0.15, -0.1) is 0 Å². The van der Waals surface area contributed by atoms with Crippen molar-refractivity contribution in [2.75, 3.05) is 19.0 Å². The Bertz CT molecular complexity index is 1370. The highest BCUT2D eigenvalue weighted by Crippen LogP contribution is 2.24. The number of hydrogen-bond donors (Lipinski definition) is 4. The molecule has 12 nitrogen and oxygen atoms in total. The predicted molar refractivity (Wildman–Crippen MR) is 247 cm³/mol. The number of esters is 2. The Morgan fingerprint density at radius 1 is 0.548 bits per heavy atom. The summed E-state index contributed by atoms with van der Waals surface area (Å²) in [4.78, 5) is 25.4. The lowest BCUT2D eigenvalue weighted by Gasteiger charge is -2.40. The van der Waals surface area contributed by atoms with Crippen molar-refractivity contribution in [3.8, 4) is 0 Å². The van der Waals surface area contributed by atoms with Gasteiger partial charge in [0.25, 0.3) is 10.1 Å². The van der Waals surface area contributed by atoms with E-state index in [4.69, 9.17) is 18.9 Å². The van der Waals surface area contributed by atoms with Gasteiger partial charge in [0.05, 0.1) is 6.61 Å². The Hall–Kier alpha value is -2.65. The number of hydrogen-bond acceptors (Lipinski definition) is 11. The Labute approximate surface area is 375 Å². The number of carbonyl (C=O) groups is 2. The van der Waals surface area contributed by atoms with Crippen molar-refractivity contribution < 1.29 is 56.8 Å². The molecule has 358 valence electrons. The van der Waals surface area contributed by atoms with Gasteiger partial charge >= 0.3 is 11.9 Å². The van der Waals surface area contributed by atoms with Crippen LogP contribution in [0.1, 0.15) is 181 Å². The molecule has 1 saturated heterocycles. The summed E-state index contributed by atoms with van der Waals surface area (Å²) in [7, 11) is -4.62. The van der Waals surface area contributed by atoms with Crippen LogP contribution in [-0.2, 0) is 38.7 Å². The number of allylic oxidation sites excluding steroid dienone is 10. The van der Waals surface area contributed by atoms with Gasteiger partial charge < -0.3 is 34.3 Å². The summed E-state index contributed by atoms with van der Waals surface area (Å²) in [6.45, 7) is 3.68. The van der Waals surface area contributed by atoms with Gasteiger partial charge in [0.15, 0.2) is 12.4 Å². The zero-order chi connectivity index (χ0) is 45.5. The van der Waals surface area contributed by atoms with E-state index in [2.05, 4.69) is 56.4 Å². The first kappa shape index (κ1) is 57.4. The molecule has 1 heterocycles. The molecule has 0 aromatic heterocycles. The fourth-order valence-electron chi connectivity index (χ4n) is 6.85. The third-order valence-electron chi connectivity index (χ3n) is 10.6. The van der Waals surface area contributed by atoms with E-state index in [-0.39, 0.29) is 19.4 Å². The van der Waals surface area contributed by atoms with E-state index < -0.39 is 71.2 Å². The second-order valence-corrected chi connectivity index (χ2v) is 17.9. The summed E-state index contributed by atoms with van der Waals surface area (Å²) in [5.74, 6) is -2.11. The number of aliphatic hydroxyl groups is 3. The maximum absolute atomic E-state index is 12.8. The average Bonchev–Trinajstić information content (AvgIpc) is 3.24. The van der Waals surface area contributed by atoms with Crippen molar-refractivity contribution in [3.05, 3.63) is 60.8 Å². The Morgan fingerprint density at radius 2 is 0.968 bits per heavy atom. The van der Waals surface area contributed by atoms with E-state index in [1.807, 2.05) is 18.2 Å². The van der Waals surface area contributed by atoms with E-state index >= 15 is 0 Å². The van der Waals surface area contributed by atoms with Crippen molar-refractivity contribution in [2.24, 2.45) is 0 Å². The number of ether oxygens (including phenoxy) is 4. The minimum atomic E-state index is -4.62. The highest BCUT2D eigenvalue weighted by Gasteiger charge is 2.46. The molecule has 1 aliphatic rings. The molecule has 13 heteroatoms. The molecule has 2 unspecified atom stereocenters. The summed E-state index contributed by atoms with van der Waals surface area (Å²) >= 11 is 0. The van der Waals surface area contributed by atoms with Gasteiger partial charge in [0.2, 0.25) is 0 Å². The number of aliphatic hydroxyl groups excluding tert-OH is 3. The molecule has 0 aromatic rings. The Morgan fingerprint density at radius 3 is 1.44 bits per heavy atom. The summed E-state index contributed by atoms with van der Waals surface area (Å²) in [5, 5.41) is 30.9. The maximum Gasteiger partial charge on any atom is 0.306 e. The third-order valence-corrected chi connectivity index (χ3v) is 11.3. The van der Waals surface area contributed by atoms with Crippen molar-refractivity contribution in [3.63, 3.8) is 0 Å². The first-order chi connectivity index (χ1) is 30.0. The van der Waals surface area contributed by atoms with E-state index in [0.29, 0.717) is 25.7 Å². The molecule has 1 fully saturated rings. The van der Waals surface area contributed by atoms with Crippen LogP contribution in [0.3, 0.4) is 0 Å². The quantitative estimate of drug-likeness (QED) is 0.0198. The first-order valence-corrected chi connectivity index (χ1v) is 25.5. The SMILES string of the molecule is CCCCCCCC/C=C/C/C=C/C/C=C/CCCC(=O)O[C@H](COC(=O)CCC/C=C/C/C=C/CCCCCCCCCCC)CO[C@H]1O[C@H](CS(=O)(=O)O)[C@@H](O)C(O)C1O. The molecule has 0 radical (unpaired) electrons.